The SMILES string of the molecule is O=C1C(=O)N(C[C@H](NS(=O)(=O)c2ccc3ccccc3c2)C(=O)O)c2ccccc21. The van der Waals surface area contributed by atoms with Gasteiger partial charge in [-0.15, -0.1) is 0 Å². The smallest absolute Gasteiger partial charge is 0.323 e. The Labute approximate surface area is 171 Å². The molecule has 1 heterocycles. The summed E-state index contributed by atoms with van der Waals surface area (Å²) >= 11 is 0. The molecule has 3 aromatic carbocycles. The van der Waals surface area contributed by atoms with Crippen LogP contribution in [0.15, 0.2) is 71.6 Å². The summed E-state index contributed by atoms with van der Waals surface area (Å²) < 4.78 is 27.8. The number of carbonyl (C=O) groups excluding carboxylic acids is 2. The second kappa shape index (κ2) is 7.36. The molecule has 4 rings (SSSR count). The van der Waals surface area contributed by atoms with Gasteiger partial charge in [0, 0.05) is 0 Å². The van der Waals surface area contributed by atoms with Crippen LogP contribution in [-0.4, -0.2) is 43.8 Å². The number of hydrogen-bond acceptors (Lipinski definition) is 5. The zero-order chi connectivity index (χ0) is 21.5. The van der Waals surface area contributed by atoms with E-state index in [1.54, 1.807) is 30.3 Å². The normalized spacial score (nSPS) is 14.7. The van der Waals surface area contributed by atoms with Crippen molar-refractivity contribution < 1.29 is 27.9 Å². The molecule has 0 spiro atoms. The van der Waals surface area contributed by atoms with E-state index in [4.69, 9.17) is 0 Å². The van der Waals surface area contributed by atoms with Gasteiger partial charge in [-0.1, -0.05) is 42.5 Å². The first-order chi connectivity index (χ1) is 14.3. The summed E-state index contributed by atoms with van der Waals surface area (Å²) in [6.45, 7) is -0.524. The molecule has 3 aromatic rings. The Bertz CT molecular complexity index is 1300. The quantitative estimate of drug-likeness (QED) is 0.582. The van der Waals surface area contributed by atoms with Gasteiger partial charge >= 0.3 is 5.97 Å². The summed E-state index contributed by atoms with van der Waals surface area (Å²) in [5.41, 5.74) is 0.410. The molecule has 0 fully saturated rings. The topological polar surface area (TPSA) is 121 Å². The number of nitrogens with zero attached hydrogens (tertiary/aromatic N) is 1. The number of aliphatic carboxylic acids is 1. The van der Waals surface area contributed by atoms with Crippen LogP contribution in [0.3, 0.4) is 0 Å². The lowest BCUT2D eigenvalue weighted by Gasteiger charge is -2.22. The predicted molar refractivity (Wildman–Crippen MR) is 109 cm³/mol. The van der Waals surface area contributed by atoms with E-state index in [1.807, 2.05) is 12.1 Å². The number of carboxylic acid groups (broad SMARTS) is 1. The monoisotopic (exact) mass is 424 g/mol. The van der Waals surface area contributed by atoms with Crippen LogP contribution in [0.25, 0.3) is 10.8 Å². The molecule has 152 valence electrons. The Morgan fingerprint density at radius 3 is 2.37 bits per heavy atom. The van der Waals surface area contributed by atoms with Crippen molar-refractivity contribution in [1.29, 1.82) is 0 Å². The number of benzene rings is 3. The van der Waals surface area contributed by atoms with Gasteiger partial charge in [-0.3, -0.25) is 14.4 Å². The van der Waals surface area contributed by atoms with Gasteiger partial charge in [0.15, 0.2) is 0 Å². The summed E-state index contributed by atoms with van der Waals surface area (Å²) in [6, 6.07) is 16.1. The number of rotatable bonds is 6. The summed E-state index contributed by atoms with van der Waals surface area (Å²) in [6.07, 6.45) is 0. The fourth-order valence-corrected chi connectivity index (χ4v) is 4.58. The van der Waals surface area contributed by atoms with Crippen molar-refractivity contribution in [3.8, 4) is 0 Å². The molecule has 0 bridgehead atoms. The van der Waals surface area contributed by atoms with Crippen LogP contribution in [0.4, 0.5) is 5.69 Å². The van der Waals surface area contributed by atoms with Crippen molar-refractivity contribution >= 4 is 44.1 Å². The zero-order valence-electron chi connectivity index (χ0n) is 15.5. The second-order valence-corrected chi connectivity index (χ2v) is 8.50. The first-order valence-electron chi connectivity index (χ1n) is 8.97. The molecule has 0 radical (unpaired) electrons. The van der Waals surface area contributed by atoms with E-state index in [-0.39, 0.29) is 16.1 Å². The number of carbonyl (C=O) groups is 3. The molecular weight excluding hydrogens is 408 g/mol. The highest BCUT2D eigenvalue weighted by atomic mass is 32.2. The van der Waals surface area contributed by atoms with Crippen LogP contribution >= 0.6 is 0 Å². The lowest BCUT2D eigenvalue weighted by molar-refractivity contribution is -0.138. The highest BCUT2D eigenvalue weighted by molar-refractivity contribution is 7.89. The van der Waals surface area contributed by atoms with E-state index < -0.39 is 40.3 Å². The van der Waals surface area contributed by atoms with E-state index >= 15 is 0 Å². The Hall–Kier alpha value is -3.56. The van der Waals surface area contributed by atoms with E-state index in [0.29, 0.717) is 5.39 Å². The molecule has 8 nitrogen and oxygen atoms in total. The molecular formula is C21H16N2O6S. The number of carboxylic acids is 1. The van der Waals surface area contributed by atoms with Gasteiger partial charge in [-0.2, -0.15) is 4.72 Å². The summed E-state index contributed by atoms with van der Waals surface area (Å²) in [7, 11) is -4.20. The largest absolute Gasteiger partial charge is 0.480 e. The van der Waals surface area contributed by atoms with E-state index in [0.717, 1.165) is 10.3 Å². The van der Waals surface area contributed by atoms with Crippen molar-refractivity contribution in [3.05, 3.63) is 72.3 Å². The Morgan fingerprint density at radius 1 is 0.967 bits per heavy atom. The van der Waals surface area contributed by atoms with Crippen molar-refractivity contribution in [2.45, 2.75) is 10.9 Å². The number of amides is 1. The average molecular weight is 424 g/mol. The number of ketones is 1. The van der Waals surface area contributed by atoms with Gasteiger partial charge in [0.2, 0.25) is 10.0 Å². The fraction of sp³-hybridized carbons (Fsp3) is 0.0952. The number of hydrogen-bond donors (Lipinski definition) is 2. The second-order valence-electron chi connectivity index (χ2n) is 6.78. The average Bonchev–Trinajstić information content (AvgIpc) is 2.97. The van der Waals surface area contributed by atoms with E-state index in [9.17, 15) is 27.9 Å². The van der Waals surface area contributed by atoms with Gasteiger partial charge in [0.1, 0.15) is 6.04 Å². The maximum absolute atomic E-state index is 12.8. The maximum Gasteiger partial charge on any atom is 0.323 e. The van der Waals surface area contributed by atoms with Gasteiger partial charge < -0.3 is 10.0 Å². The van der Waals surface area contributed by atoms with Crippen LogP contribution in [-0.2, 0) is 19.6 Å². The number of sulfonamides is 1. The molecule has 0 aliphatic carbocycles. The number of fused-ring (bicyclic) bond motifs is 2. The maximum atomic E-state index is 12.8. The molecule has 0 unspecified atom stereocenters. The lowest BCUT2D eigenvalue weighted by atomic mass is 10.1. The summed E-state index contributed by atoms with van der Waals surface area (Å²) in [4.78, 5) is 37.1. The van der Waals surface area contributed by atoms with E-state index in [1.165, 1.54) is 24.3 Å². The van der Waals surface area contributed by atoms with Crippen LogP contribution in [0.1, 0.15) is 10.4 Å². The minimum Gasteiger partial charge on any atom is -0.480 e. The predicted octanol–water partition coefficient (Wildman–Crippen LogP) is 1.80. The standard InChI is InChI=1S/C21H16N2O6S/c24-19-16-7-3-4-8-18(16)23(20(19)25)12-17(21(26)27)22-30(28,29)15-10-9-13-5-1-2-6-14(13)11-15/h1-11,17,22H,12H2,(H,26,27)/t17-/m0/s1. The van der Waals surface area contributed by atoms with Gasteiger partial charge in [0.25, 0.3) is 11.7 Å². The zero-order valence-corrected chi connectivity index (χ0v) is 16.3. The summed E-state index contributed by atoms with van der Waals surface area (Å²) in [5, 5.41) is 11.1. The third-order valence-electron chi connectivity index (χ3n) is 4.87. The van der Waals surface area contributed by atoms with E-state index in [2.05, 4.69) is 4.72 Å². The van der Waals surface area contributed by atoms with Crippen LogP contribution in [0, 0.1) is 0 Å². The Balaban J connectivity index is 1.63. The molecule has 1 atom stereocenters. The van der Waals surface area contributed by atoms with Crippen molar-refractivity contribution in [2.75, 3.05) is 11.4 Å². The first-order valence-corrected chi connectivity index (χ1v) is 10.5. The molecule has 0 saturated carbocycles. The van der Waals surface area contributed by atoms with Crippen molar-refractivity contribution in [3.63, 3.8) is 0 Å². The molecule has 0 saturated heterocycles. The van der Waals surface area contributed by atoms with Crippen molar-refractivity contribution in [2.24, 2.45) is 0 Å². The minimum atomic E-state index is -4.20. The van der Waals surface area contributed by atoms with Crippen LogP contribution < -0.4 is 9.62 Å². The molecule has 9 heteroatoms. The minimum absolute atomic E-state index is 0.100. The lowest BCUT2D eigenvalue weighted by Crippen LogP contribution is -2.49. The molecule has 1 aliphatic rings. The highest BCUT2D eigenvalue weighted by Crippen LogP contribution is 2.28. The molecule has 0 aromatic heterocycles. The molecule has 30 heavy (non-hydrogen) atoms. The Morgan fingerprint density at radius 2 is 1.63 bits per heavy atom. The van der Waals surface area contributed by atoms with Crippen LogP contribution in [0.2, 0.25) is 0 Å². The third kappa shape index (κ3) is 3.44. The van der Waals surface area contributed by atoms with Gasteiger partial charge in [0.05, 0.1) is 22.7 Å². The van der Waals surface area contributed by atoms with Gasteiger partial charge in [-0.05, 0) is 35.0 Å². The summed E-state index contributed by atoms with van der Waals surface area (Å²) in [5.74, 6) is -3.12. The van der Waals surface area contributed by atoms with Gasteiger partial charge in [-0.25, -0.2) is 8.42 Å². The number of nitrogens with one attached hydrogen (secondary N) is 1. The fourth-order valence-electron chi connectivity index (χ4n) is 3.37. The number of para-hydroxylation sites is 1. The highest BCUT2D eigenvalue weighted by Gasteiger charge is 2.39. The third-order valence-corrected chi connectivity index (χ3v) is 6.34. The number of anilines is 1. The number of Topliss-reactive ketones (excluding diaryl/α,β-unsaturated/α-hetero) is 1. The molecule has 2 N–H and O–H groups in total. The Kier molecular flexibility index (Phi) is 4.84. The first kappa shape index (κ1) is 19.7. The van der Waals surface area contributed by atoms with Crippen LogP contribution in [0.5, 0.6) is 0 Å². The molecule has 1 aliphatic heterocycles. The molecule has 1 amide bonds. The van der Waals surface area contributed by atoms with Crippen molar-refractivity contribution in [1.82, 2.24) is 4.72 Å².